The third-order valence-electron chi connectivity index (χ3n) is 4.12. The molecular formula is C19H19N3O5. The summed E-state index contributed by atoms with van der Waals surface area (Å²) in [6, 6.07) is 8.59. The molecule has 0 bridgehead atoms. The molecule has 8 nitrogen and oxygen atoms in total. The van der Waals surface area contributed by atoms with Gasteiger partial charge in [-0.1, -0.05) is 6.58 Å². The fourth-order valence-electron chi connectivity index (χ4n) is 2.54. The van der Waals surface area contributed by atoms with E-state index in [0.717, 1.165) is 0 Å². The lowest BCUT2D eigenvalue weighted by Crippen LogP contribution is -2.05. The zero-order valence-electron chi connectivity index (χ0n) is 15.0. The molecule has 0 aliphatic carbocycles. The van der Waals surface area contributed by atoms with Crippen LogP contribution in [0.5, 0.6) is 17.2 Å². The first kappa shape index (κ1) is 18.2. The van der Waals surface area contributed by atoms with E-state index in [2.05, 4.69) is 16.8 Å². The van der Waals surface area contributed by atoms with E-state index in [1.165, 1.54) is 11.9 Å². The van der Waals surface area contributed by atoms with Crippen LogP contribution in [-0.2, 0) is 4.79 Å². The number of aromatic nitrogens is 3. The summed E-state index contributed by atoms with van der Waals surface area (Å²) in [5, 5.41) is 28.0. The molecule has 0 saturated carbocycles. The summed E-state index contributed by atoms with van der Waals surface area (Å²) in [6.07, 6.45) is 0.221. The Bertz CT molecular complexity index is 1030. The van der Waals surface area contributed by atoms with Gasteiger partial charge in [-0.2, -0.15) is 0 Å². The van der Waals surface area contributed by atoms with Crippen molar-refractivity contribution in [3.63, 3.8) is 0 Å². The first-order chi connectivity index (χ1) is 12.9. The van der Waals surface area contributed by atoms with Crippen molar-refractivity contribution in [2.24, 2.45) is 0 Å². The van der Waals surface area contributed by atoms with Gasteiger partial charge in [-0.25, -0.2) is 4.79 Å². The number of carboxylic acid groups (broad SMARTS) is 1. The topological polar surface area (TPSA) is 107 Å². The predicted molar refractivity (Wildman–Crippen MR) is 98.7 cm³/mol. The van der Waals surface area contributed by atoms with E-state index in [0.29, 0.717) is 33.8 Å². The second kappa shape index (κ2) is 7.36. The molecule has 0 aliphatic heterocycles. The number of rotatable bonds is 7. The first-order valence-electron chi connectivity index (χ1n) is 8.18. The lowest BCUT2D eigenvalue weighted by molar-refractivity contribution is -0.132. The van der Waals surface area contributed by atoms with Crippen LogP contribution in [0.3, 0.4) is 0 Å². The number of benzene rings is 2. The lowest BCUT2D eigenvalue weighted by Gasteiger charge is -2.09. The molecule has 140 valence electrons. The fourth-order valence-corrected chi connectivity index (χ4v) is 2.54. The van der Waals surface area contributed by atoms with E-state index in [-0.39, 0.29) is 24.4 Å². The Hall–Kier alpha value is -3.55. The summed E-state index contributed by atoms with van der Waals surface area (Å²) >= 11 is 0. The van der Waals surface area contributed by atoms with Gasteiger partial charge in [0.25, 0.3) is 0 Å². The molecule has 27 heavy (non-hydrogen) atoms. The van der Waals surface area contributed by atoms with Crippen LogP contribution in [0.4, 0.5) is 0 Å². The fraction of sp³-hybridized carbons (Fsp3) is 0.211. The van der Waals surface area contributed by atoms with Crippen molar-refractivity contribution in [1.29, 1.82) is 0 Å². The second-order valence-electron chi connectivity index (χ2n) is 5.91. The summed E-state index contributed by atoms with van der Waals surface area (Å²) < 4.78 is 10.7. The maximum absolute atomic E-state index is 10.7. The van der Waals surface area contributed by atoms with E-state index >= 15 is 0 Å². The number of phenolic OH excluding ortho intramolecular Hbond substituents is 1. The average Bonchev–Trinajstić information content (AvgIpc) is 3.06. The van der Waals surface area contributed by atoms with Crippen molar-refractivity contribution in [3.05, 3.63) is 48.0 Å². The van der Waals surface area contributed by atoms with Crippen molar-refractivity contribution in [3.8, 4) is 22.9 Å². The van der Waals surface area contributed by atoms with E-state index in [9.17, 15) is 9.90 Å². The molecule has 0 spiro atoms. The highest BCUT2D eigenvalue weighted by atomic mass is 16.5. The van der Waals surface area contributed by atoms with Crippen molar-refractivity contribution in [2.75, 3.05) is 13.7 Å². The summed E-state index contributed by atoms with van der Waals surface area (Å²) in [5.74, 6) is 0.124. The molecule has 2 N–H and O–H groups in total. The number of hydrogen-bond acceptors (Lipinski definition) is 6. The Balaban J connectivity index is 1.83. The van der Waals surface area contributed by atoms with Crippen LogP contribution in [0.15, 0.2) is 42.5 Å². The van der Waals surface area contributed by atoms with Crippen LogP contribution >= 0.6 is 0 Å². The highest BCUT2D eigenvalue weighted by Gasteiger charge is 2.14. The number of aromatic hydroxyl groups is 1. The van der Waals surface area contributed by atoms with Gasteiger partial charge in [0.2, 0.25) is 0 Å². The largest absolute Gasteiger partial charge is 0.505 e. The quantitative estimate of drug-likeness (QED) is 0.617. The van der Waals surface area contributed by atoms with Crippen LogP contribution < -0.4 is 9.47 Å². The Labute approximate surface area is 155 Å². The summed E-state index contributed by atoms with van der Waals surface area (Å²) in [7, 11) is 1.54. The Kier molecular flexibility index (Phi) is 4.98. The number of hydrogen-bond donors (Lipinski definition) is 2. The van der Waals surface area contributed by atoms with Crippen molar-refractivity contribution in [1.82, 2.24) is 15.0 Å². The number of carboxylic acids is 1. The Morgan fingerprint density at radius 1 is 1.22 bits per heavy atom. The van der Waals surface area contributed by atoms with Crippen LogP contribution in [0.1, 0.15) is 12.0 Å². The van der Waals surface area contributed by atoms with Gasteiger partial charge in [-0.15, -0.1) is 15.0 Å². The van der Waals surface area contributed by atoms with E-state index < -0.39 is 5.97 Å². The van der Waals surface area contributed by atoms with Gasteiger partial charge in [0.1, 0.15) is 34.0 Å². The van der Waals surface area contributed by atoms with Crippen LogP contribution in [0.2, 0.25) is 0 Å². The third-order valence-corrected chi connectivity index (χ3v) is 4.12. The molecule has 0 unspecified atom stereocenters. The minimum atomic E-state index is -1.04. The molecule has 0 saturated heterocycles. The van der Waals surface area contributed by atoms with Crippen molar-refractivity contribution < 1.29 is 24.5 Å². The van der Waals surface area contributed by atoms with E-state index in [4.69, 9.17) is 14.6 Å². The summed E-state index contributed by atoms with van der Waals surface area (Å²) in [5.41, 5.74) is 2.33. The molecule has 0 radical (unpaired) electrons. The highest BCUT2D eigenvalue weighted by Crippen LogP contribution is 2.32. The van der Waals surface area contributed by atoms with Gasteiger partial charge >= 0.3 is 5.97 Å². The molecule has 8 heteroatoms. The smallest absolute Gasteiger partial charge is 0.331 e. The molecule has 3 rings (SSSR count). The summed E-state index contributed by atoms with van der Waals surface area (Å²) in [4.78, 5) is 12.1. The summed E-state index contributed by atoms with van der Waals surface area (Å²) in [6.45, 7) is 5.41. The SMILES string of the molecule is C=C(CCOc1ccc2nn(-c3ccc(OC)c(C)c3O)nc2c1)C(=O)O. The molecule has 1 aromatic heterocycles. The number of methoxy groups -OCH3 is 1. The molecule has 0 atom stereocenters. The maximum atomic E-state index is 10.7. The Morgan fingerprint density at radius 2 is 1.96 bits per heavy atom. The van der Waals surface area contributed by atoms with Gasteiger partial charge in [-0.05, 0) is 31.2 Å². The van der Waals surface area contributed by atoms with Crippen LogP contribution in [0.25, 0.3) is 16.7 Å². The minimum Gasteiger partial charge on any atom is -0.505 e. The number of ether oxygens (including phenoxy) is 2. The minimum absolute atomic E-state index is 0.0401. The normalized spacial score (nSPS) is 10.7. The van der Waals surface area contributed by atoms with Crippen LogP contribution in [-0.4, -0.2) is 44.9 Å². The number of fused-ring (bicyclic) bond motifs is 1. The first-order valence-corrected chi connectivity index (χ1v) is 8.18. The number of aliphatic carboxylic acids is 1. The maximum Gasteiger partial charge on any atom is 0.331 e. The van der Waals surface area contributed by atoms with Crippen LogP contribution in [0, 0.1) is 6.92 Å². The zero-order valence-corrected chi connectivity index (χ0v) is 15.0. The van der Waals surface area contributed by atoms with Gasteiger partial charge < -0.3 is 19.7 Å². The number of nitrogens with zero attached hydrogens (tertiary/aromatic N) is 3. The van der Waals surface area contributed by atoms with Crippen molar-refractivity contribution >= 4 is 17.0 Å². The lowest BCUT2D eigenvalue weighted by atomic mass is 10.2. The van der Waals surface area contributed by atoms with Gasteiger partial charge in [0.05, 0.1) is 13.7 Å². The Morgan fingerprint density at radius 3 is 2.67 bits per heavy atom. The molecule has 2 aromatic carbocycles. The number of carbonyl (C=O) groups is 1. The molecule has 1 heterocycles. The molecule has 3 aromatic rings. The van der Waals surface area contributed by atoms with Gasteiger partial charge in [-0.3, -0.25) is 0 Å². The molecule has 0 amide bonds. The zero-order chi connectivity index (χ0) is 19.6. The number of phenols is 1. The molecular weight excluding hydrogens is 350 g/mol. The highest BCUT2D eigenvalue weighted by molar-refractivity contribution is 5.85. The molecule has 0 fully saturated rings. The molecule has 0 aliphatic rings. The standard InChI is InChI=1S/C19H19N3O5/c1-11(19(24)25)8-9-27-13-4-5-14-15(10-13)21-22(20-14)16-6-7-17(26-3)12(2)18(16)23/h4-7,10,23H,1,8-9H2,2-3H3,(H,24,25). The van der Waals surface area contributed by atoms with E-state index in [1.807, 2.05) is 0 Å². The predicted octanol–water partition coefficient (Wildman–Crippen LogP) is 2.85. The van der Waals surface area contributed by atoms with Gasteiger partial charge in [0.15, 0.2) is 0 Å². The van der Waals surface area contributed by atoms with Crippen molar-refractivity contribution in [2.45, 2.75) is 13.3 Å². The van der Waals surface area contributed by atoms with E-state index in [1.54, 1.807) is 37.3 Å². The average molecular weight is 369 g/mol. The van der Waals surface area contributed by atoms with Gasteiger partial charge in [0, 0.05) is 23.6 Å². The monoisotopic (exact) mass is 369 g/mol. The third kappa shape index (κ3) is 3.69. The second-order valence-corrected chi connectivity index (χ2v) is 5.91.